The van der Waals surface area contributed by atoms with Crippen LogP contribution in [0.4, 0.5) is 0 Å². The summed E-state index contributed by atoms with van der Waals surface area (Å²) in [7, 11) is 0. The Labute approximate surface area is 94.4 Å². The van der Waals surface area contributed by atoms with Gasteiger partial charge >= 0.3 is 0 Å². The lowest BCUT2D eigenvalue weighted by Crippen LogP contribution is -2.35. The van der Waals surface area contributed by atoms with Crippen LogP contribution in [0.5, 0.6) is 0 Å². The number of hydrogen-bond donors (Lipinski definition) is 0. The highest BCUT2D eigenvalue weighted by Crippen LogP contribution is 2.13. The van der Waals surface area contributed by atoms with E-state index in [1.54, 1.807) is 12.3 Å². The van der Waals surface area contributed by atoms with E-state index < -0.39 is 0 Å². The molecule has 0 radical (unpaired) electrons. The topological polar surface area (TPSA) is 37.4 Å². The molecule has 0 bridgehead atoms. The Balaban J connectivity index is 2.11. The van der Waals surface area contributed by atoms with Crippen LogP contribution in [0.15, 0.2) is 36.5 Å². The van der Waals surface area contributed by atoms with E-state index in [9.17, 15) is 9.59 Å². The Morgan fingerprint density at radius 1 is 1.00 bits per heavy atom. The molecule has 0 saturated carbocycles. The molecule has 3 nitrogen and oxygen atoms in total. The Kier molecular flexibility index (Phi) is 3.15. The number of imide groups is 1. The maximum absolute atomic E-state index is 11.5. The lowest BCUT2D eigenvalue weighted by molar-refractivity contribution is -0.144. The zero-order valence-corrected chi connectivity index (χ0v) is 8.93. The number of piperidine rings is 1. The summed E-state index contributed by atoms with van der Waals surface area (Å²) in [6, 6.07) is 9.61. The summed E-state index contributed by atoms with van der Waals surface area (Å²) >= 11 is 0. The van der Waals surface area contributed by atoms with Crippen molar-refractivity contribution < 1.29 is 9.59 Å². The molecule has 0 atom stereocenters. The maximum Gasteiger partial charge on any atom is 0.233 e. The Bertz CT molecular complexity index is 407. The molecule has 0 N–H and O–H groups in total. The molecule has 16 heavy (non-hydrogen) atoms. The first-order chi connectivity index (χ1) is 7.77. The van der Waals surface area contributed by atoms with Crippen molar-refractivity contribution in [3.8, 4) is 0 Å². The highest BCUT2D eigenvalue weighted by molar-refractivity contribution is 5.99. The summed E-state index contributed by atoms with van der Waals surface area (Å²) in [5.74, 6) is -0.216. The number of nitrogens with zero attached hydrogens (tertiary/aromatic N) is 1. The molecule has 2 amide bonds. The first-order valence-corrected chi connectivity index (χ1v) is 5.35. The highest BCUT2D eigenvalue weighted by atomic mass is 16.2. The van der Waals surface area contributed by atoms with E-state index in [-0.39, 0.29) is 11.8 Å². The quantitative estimate of drug-likeness (QED) is 0.709. The van der Waals surface area contributed by atoms with Gasteiger partial charge < -0.3 is 0 Å². The summed E-state index contributed by atoms with van der Waals surface area (Å²) in [6.45, 7) is 0. The summed E-state index contributed by atoms with van der Waals surface area (Å²) in [5.41, 5.74) is 0.980. The molecule has 0 spiro atoms. The second kappa shape index (κ2) is 4.75. The predicted molar refractivity (Wildman–Crippen MR) is 61.2 cm³/mol. The minimum atomic E-state index is -0.108. The minimum absolute atomic E-state index is 0.108. The van der Waals surface area contributed by atoms with E-state index in [0.717, 1.165) is 5.56 Å². The fourth-order valence-corrected chi connectivity index (χ4v) is 1.66. The molecule has 2 rings (SSSR count). The van der Waals surface area contributed by atoms with Crippen molar-refractivity contribution >= 4 is 17.9 Å². The lowest BCUT2D eigenvalue weighted by atomic mass is 10.1. The largest absolute Gasteiger partial charge is 0.274 e. The first-order valence-electron chi connectivity index (χ1n) is 5.35. The monoisotopic (exact) mass is 215 g/mol. The third-order valence-electron chi connectivity index (χ3n) is 2.53. The summed E-state index contributed by atoms with van der Waals surface area (Å²) < 4.78 is 0. The van der Waals surface area contributed by atoms with Crippen molar-refractivity contribution in [1.29, 1.82) is 0 Å². The number of rotatable bonds is 2. The molecular weight excluding hydrogens is 202 g/mol. The molecule has 1 aliphatic rings. The van der Waals surface area contributed by atoms with Gasteiger partial charge in [0.15, 0.2) is 0 Å². The number of carbonyl (C=O) groups excluding carboxylic acids is 2. The summed E-state index contributed by atoms with van der Waals surface area (Å²) in [4.78, 5) is 24.2. The predicted octanol–water partition coefficient (Wildman–Crippen LogP) is 2.20. The third kappa shape index (κ3) is 2.37. The Morgan fingerprint density at radius 3 is 2.25 bits per heavy atom. The van der Waals surface area contributed by atoms with E-state index in [0.29, 0.717) is 19.3 Å². The van der Waals surface area contributed by atoms with Crippen LogP contribution in [0.3, 0.4) is 0 Å². The molecule has 3 heteroatoms. The fourth-order valence-electron chi connectivity index (χ4n) is 1.66. The van der Waals surface area contributed by atoms with Gasteiger partial charge in [-0.05, 0) is 18.1 Å². The van der Waals surface area contributed by atoms with Gasteiger partial charge in [-0.2, -0.15) is 0 Å². The number of amides is 2. The zero-order valence-electron chi connectivity index (χ0n) is 8.93. The van der Waals surface area contributed by atoms with Crippen LogP contribution >= 0.6 is 0 Å². The highest BCUT2D eigenvalue weighted by Gasteiger charge is 2.23. The van der Waals surface area contributed by atoms with Crippen LogP contribution in [-0.2, 0) is 9.59 Å². The van der Waals surface area contributed by atoms with E-state index >= 15 is 0 Å². The molecule has 1 aliphatic heterocycles. The van der Waals surface area contributed by atoms with E-state index in [2.05, 4.69) is 0 Å². The second-order valence-corrected chi connectivity index (χ2v) is 3.74. The Hall–Kier alpha value is -1.90. The summed E-state index contributed by atoms with van der Waals surface area (Å²) in [6.07, 6.45) is 4.95. The van der Waals surface area contributed by atoms with Crippen molar-refractivity contribution in [2.24, 2.45) is 0 Å². The molecular formula is C13H13NO2. The van der Waals surface area contributed by atoms with Gasteiger partial charge in [0.1, 0.15) is 0 Å². The van der Waals surface area contributed by atoms with Crippen molar-refractivity contribution in [3.63, 3.8) is 0 Å². The smallest absolute Gasteiger partial charge is 0.233 e. The minimum Gasteiger partial charge on any atom is -0.274 e. The van der Waals surface area contributed by atoms with E-state index in [1.165, 1.54) is 4.90 Å². The molecule has 1 aromatic carbocycles. The van der Waals surface area contributed by atoms with Crippen molar-refractivity contribution in [3.05, 3.63) is 42.1 Å². The number of benzene rings is 1. The Morgan fingerprint density at radius 2 is 1.62 bits per heavy atom. The van der Waals surface area contributed by atoms with E-state index in [4.69, 9.17) is 0 Å². The molecule has 0 aliphatic carbocycles. The standard InChI is InChI=1S/C13H13NO2/c15-12-7-4-8-13(16)14(12)10-9-11-5-2-1-3-6-11/h1-3,5-6,9-10H,4,7-8H2/b10-9-. The van der Waals surface area contributed by atoms with Crippen LogP contribution in [0.1, 0.15) is 24.8 Å². The van der Waals surface area contributed by atoms with Crippen LogP contribution < -0.4 is 0 Å². The number of hydrogen-bond acceptors (Lipinski definition) is 2. The van der Waals surface area contributed by atoms with Crippen LogP contribution in [0.2, 0.25) is 0 Å². The van der Waals surface area contributed by atoms with Crippen LogP contribution in [-0.4, -0.2) is 16.7 Å². The van der Waals surface area contributed by atoms with Crippen LogP contribution in [0.25, 0.3) is 6.08 Å². The third-order valence-corrected chi connectivity index (χ3v) is 2.53. The van der Waals surface area contributed by atoms with Gasteiger partial charge in [0, 0.05) is 19.0 Å². The molecule has 1 aromatic rings. The number of carbonyl (C=O) groups is 2. The molecule has 1 heterocycles. The van der Waals surface area contributed by atoms with Gasteiger partial charge in [-0.15, -0.1) is 0 Å². The molecule has 0 unspecified atom stereocenters. The van der Waals surface area contributed by atoms with Gasteiger partial charge in [-0.25, -0.2) is 0 Å². The summed E-state index contributed by atoms with van der Waals surface area (Å²) in [5, 5.41) is 0. The van der Waals surface area contributed by atoms with Crippen molar-refractivity contribution in [2.45, 2.75) is 19.3 Å². The van der Waals surface area contributed by atoms with Gasteiger partial charge in [-0.1, -0.05) is 30.3 Å². The lowest BCUT2D eigenvalue weighted by Gasteiger charge is -2.20. The van der Waals surface area contributed by atoms with Crippen molar-refractivity contribution in [1.82, 2.24) is 4.90 Å². The van der Waals surface area contributed by atoms with Gasteiger partial charge in [0.2, 0.25) is 11.8 Å². The number of likely N-dealkylation sites (tertiary alicyclic amines) is 1. The molecule has 1 fully saturated rings. The average Bonchev–Trinajstić information content (AvgIpc) is 2.30. The van der Waals surface area contributed by atoms with Gasteiger partial charge in [-0.3, -0.25) is 14.5 Å². The fraction of sp³-hybridized carbons (Fsp3) is 0.231. The second-order valence-electron chi connectivity index (χ2n) is 3.74. The maximum atomic E-state index is 11.5. The molecule has 1 saturated heterocycles. The van der Waals surface area contributed by atoms with E-state index in [1.807, 2.05) is 30.3 Å². The normalized spacial score (nSPS) is 17.1. The van der Waals surface area contributed by atoms with Gasteiger partial charge in [0.25, 0.3) is 0 Å². The van der Waals surface area contributed by atoms with Crippen LogP contribution in [0, 0.1) is 0 Å². The average molecular weight is 215 g/mol. The SMILES string of the molecule is O=C1CCCC(=O)N1/C=C\c1ccccc1. The first kappa shape index (κ1) is 10.6. The van der Waals surface area contributed by atoms with Crippen molar-refractivity contribution in [2.75, 3.05) is 0 Å². The zero-order chi connectivity index (χ0) is 11.4. The molecule has 0 aromatic heterocycles. The molecule has 82 valence electrons. The van der Waals surface area contributed by atoms with Gasteiger partial charge in [0.05, 0.1) is 0 Å².